The Labute approximate surface area is 96.7 Å². The second-order valence-electron chi connectivity index (χ2n) is 3.89. The monoisotopic (exact) mass is 227 g/mol. The van der Waals surface area contributed by atoms with Gasteiger partial charge in [0.05, 0.1) is 18.9 Å². The molecule has 92 valence electrons. The standard InChI is InChI=1S/C11H21N3O2/c1-9(8-16-4)12-11-7-10(5-6-15-3)13-14(11)2/h7,9,12H,5-6,8H2,1-4H3. The molecule has 5 nitrogen and oxygen atoms in total. The number of hydrogen-bond donors (Lipinski definition) is 1. The Kier molecular flexibility index (Phi) is 5.28. The van der Waals surface area contributed by atoms with Crippen LogP contribution in [0.5, 0.6) is 0 Å². The third-order valence-corrected chi connectivity index (χ3v) is 2.30. The van der Waals surface area contributed by atoms with Crippen molar-refractivity contribution in [2.75, 3.05) is 32.8 Å². The molecule has 0 aliphatic rings. The third-order valence-electron chi connectivity index (χ3n) is 2.30. The van der Waals surface area contributed by atoms with Gasteiger partial charge in [-0.1, -0.05) is 0 Å². The maximum Gasteiger partial charge on any atom is 0.124 e. The molecule has 1 aromatic heterocycles. The van der Waals surface area contributed by atoms with Gasteiger partial charge in [-0.15, -0.1) is 0 Å². The van der Waals surface area contributed by atoms with Crippen LogP contribution >= 0.6 is 0 Å². The molecule has 0 aliphatic heterocycles. The van der Waals surface area contributed by atoms with Crippen molar-refractivity contribution in [3.8, 4) is 0 Å². The number of aryl methyl sites for hydroxylation is 1. The lowest BCUT2D eigenvalue weighted by Crippen LogP contribution is -2.22. The van der Waals surface area contributed by atoms with E-state index >= 15 is 0 Å². The molecule has 0 spiro atoms. The summed E-state index contributed by atoms with van der Waals surface area (Å²) >= 11 is 0. The van der Waals surface area contributed by atoms with Crippen molar-refractivity contribution in [2.24, 2.45) is 7.05 Å². The maximum absolute atomic E-state index is 5.08. The van der Waals surface area contributed by atoms with Crippen LogP contribution in [-0.4, -0.2) is 43.3 Å². The van der Waals surface area contributed by atoms with E-state index in [4.69, 9.17) is 9.47 Å². The van der Waals surface area contributed by atoms with E-state index in [0.717, 1.165) is 17.9 Å². The fourth-order valence-corrected chi connectivity index (χ4v) is 1.53. The second-order valence-corrected chi connectivity index (χ2v) is 3.89. The summed E-state index contributed by atoms with van der Waals surface area (Å²) in [5.41, 5.74) is 1.04. The number of methoxy groups -OCH3 is 2. The second kappa shape index (κ2) is 6.50. The number of ether oxygens (including phenoxy) is 2. The Morgan fingerprint density at radius 3 is 2.81 bits per heavy atom. The molecular weight excluding hydrogens is 206 g/mol. The van der Waals surface area contributed by atoms with E-state index in [2.05, 4.69) is 17.3 Å². The highest BCUT2D eigenvalue weighted by Gasteiger charge is 2.07. The minimum absolute atomic E-state index is 0.274. The molecule has 1 heterocycles. The number of nitrogens with zero attached hydrogens (tertiary/aromatic N) is 2. The summed E-state index contributed by atoms with van der Waals surface area (Å²) in [6.45, 7) is 3.45. The first-order valence-corrected chi connectivity index (χ1v) is 5.44. The van der Waals surface area contributed by atoms with Crippen molar-refractivity contribution in [1.29, 1.82) is 0 Å². The number of hydrogen-bond acceptors (Lipinski definition) is 4. The zero-order valence-electron chi connectivity index (χ0n) is 10.5. The van der Waals surface area contributed by atoms with E-state index in [9.17, 15) is 0 Å². The lowest BCUT2D eigenvalue weighted by Gasteiger charge is -2.13. The van der Waals surface area contributed by atoms with Gasteiger partial charge in [-0.3, -0.25) is 4.68 Å². The number of nitrogens with one attached hydrogen (secondary N) is 1. The third kappa shape index (κ3) is 3.83. The average Bonchev–Trinajstić information content (AvgIpc) is 2.57. The van der Waals surface area contributed by atoms with Crippen LogP contribution in [0.3, 0.4) is 0 Å². The molecule has 1 N–H and O–H groups in total. The van der Waals surface area contributed by atoms with Crippen LogP contribution in [0.1, 0.15) is 12.6 Å². The highest BCUT2D eigenvalue weighted by Crippen LogP contribution is 2.11. The van der Waals surface area contributed by atoms with Gasteiger partial charge in [0.15, 0.2) is 0 Å². The summed E-state index contributed by atoms with van der Waals surface area (Å²) in [5.74, 6) is 1.01. The van der Waals surface area contributed by atoms with Gasteiger partial charge >= 0.3 is 0 Å². The molecule has 5 heteroatoms. The molecule has 1 unspecified atom stereocenters. The Hall–Kier alpha value is -1.07. The maximum atomic E-state index is 5.08. The molecule has 0 fully saturated rings. The number of aromatic nitrogens is 2. The lowest BCUT2D eigenvalue weighted by molar-refractivity contribution is 0.190. The molecule has 0 aromatic carbocycles. The lowest BCUT2D eigenvalue weighted by atomic mass is 10.3. The van der Waals surface area contributed by atoms with E-state index in [0.29, 0.717) is 13.2 Å². The first-order chi connectivity index (χ1) is 7.67. The normalized spacial score (nSPS) is 12.8. The summed E-state index contributed by atoms with van der Waals surface area (Å²) in [5, 5.41) is 7.74. The van der Waals surface area contributed by atoms with Crippen molar-refractivity contribution >= 4 is 5.82 Å². The smallest absolute Gasteiger partial charge is 0.124 e. The van der Waals surface area contributed by atoms with Crippen molar-refractivity contribution < 1.29 is 9.47 Å². The van der Waals surface area contributed by atoms with E-state index in [1.165, 1.54) is 0 Å². The van der Waals surface area contributed by atoms with Crippen LogP contribution in [0.2, 0.25) is 0 Å². The average molecular weight is 227 g/mol. The molecule has 1 rings (SSSR count). The molecule has 16 heavy (non-hydrogen) atoms. The summed E-state index contributed by atoms with van der Waals surface area (Å²) in [7, 11) is 5.33. The highest BCUT2D eigenvalue weighted by atomic mass is 16.5. The quantitative estimate of drug-likeness (QED) is 0.756. The van der Waals surface area contributed by atoms with E-state index in [-0.39, 0.29) is 6.04 Å². The Morgan fingerprint density at radius 2 is 2.19 bits per heavy atom. The van der Waals surface area contributed by atoms with E-state index in [1.807, 2.05) is 17.8 Å². The molecular formula is C11H21N3O2. The summed E-state index contributed by atoms with van der Waals surface area (Å²) in [4.78, 5) is 0. The Balaban J connectivity index is 2.55. The van der Waals surface area contributed by atoms with Crippen molar-refractivity contribution in [3.63, 3.8) is 0 Å². The fourth-order valence-electron chi connectivity index (χ4n) is 1.53. The summed E-state index contributed by atoms with van der Waals surface area (Å²) < 4.78 is 11.9. The van der Waals surface area contributed by atoms with E-state index in [1.54, 1.807) is 14.2 Å². The predicted molar refractivity (Wildman–Crippen MR) is 63.7 cm³/mol. The van der Waals surface area contributed by atoms with Crippen LogP contribution in [0.25, 0.3) is 0 Å². The topological polar surface area (TPSA) is 48.3 Å². The molecule has 0 bridgehead atoms. The first-order valence-electron chi connectivity index (χ1n) is 5.44. The zero-order valence-corrected chi connectivity index (χ0v) is 10.5. The van der Waals surface area contributed by atoms with Gasteiger partial charge in [0.2, 0.25) is 0 Å². The van der Waals surface area contributed by atoms with Gasteiger partial charge < -0.3 is 14.8 Å². The SMILES string of the molecule is COCCc1cc(NC(C)COC)n(C)n1. The number of rotatable bonds is 7. The van der Waals surface area contributed by atoms with Gasteiger partial charge in [0.1, 0.15) is 5.82 Å². The van der Waals surface area contributed by atoms with E-state index < -0.39 is 0 Å². The van der Waals surface area contributed by atoms with Crippen LogP contribution in [-0.2, 0) is 22.9 Å². The largest absolute Gasteiger partial charge is 0.384 e. The Bertz CT molecular complexity index is 312. The van der Waals surface area contributed by atoms with Crippen molar-refractivity contribution in [3.05, 3.63) is 11.8 Å². The summed E-state index contributed by atoms with van der Waals surface area (Å²) in [6, 6.07) is 2.32. The zero-order chi connectivity index (χ0) is 12.0. The predicted octanol–water partition coefficient (Wildman–Crippen LogP) is 1.06. The van der Waals surface area contributed by atoms with Crippen LogP contribution in [0.15, 0.2) is 6.07 Å². The van der Waals surface area contributed by atoms with Gasteiger partial charge in [-0.05, 0) is 6.92 Å². The fraction of sp³-hybridized carbons (Fsp3) is 0.727. The highest BCUT2D eigenvalue weighted by molar-refractivity contribution is 5.38. The molecule has 0 aliphatic carbocycles. The van der Waals surface area contributed by atoms with Gasteiger partial charge in [0, 0.05) is 39.8 Å². The molecule has 1 atom stereocenters. The Morgan fingerprint density at radius 1 is 1.44 bits per heavy atom. The molecule has 0 saturated carbocycles. The molecule has 0 amide bonds. The first kappa shape index (κ1) is 13.0. The molecule has 0 saturated heterocycles. The van der Waals surface area contributed by atoms with Crippen LogP contribution in [0.4, 0.5) is 5.82 Å². The minimum Gasteiger partial charge on any atom is -0.384 e. The summed E-state index contributed by atoms with van der Waals surface area (Å²) in [6.07, 6.45) is 0.838. The van der Waals surface area contributed by atoms with Gasteiger partial charge in [-0.2, -0.15) is 5.10 Å². The molecule has 0 radical (unpaired) electrons. The van der Waals surface area contributed by atoms with Crippen LogP contribution < -0.4 is 5.32 Å². The number of anilines is 1. The van der Waals surface area contributed by atoms with Crippen molar-refractivity contribution in [1.82, 2.24) is 9.78 Å². The van der Waals surface area contributed by atoms with Gasteiger partial charge in [-0.25, -0.2) is 0 Å². The van der Waals surface area contributed by atoms with Gasteiger partial charge in [0.25, 0.3) is 0 Å². The van der Waals surface area contributed by atoms with Crippen molar-refractivity contribution in [2.45, 2.75) is 19.4 Å². The molecule has 1 aromatic rings. The van der Waals surface area contributed by atoms with Crippen LogP contribution in [0, 0.1) is 0 Å². The minimum atomic E-state index is 0.274.